The smallest absolute Gasteiger partial charge is 0.161 e. The number of aromatic nitrogens is 1. The molecule has 0 amide bonds. The number of hydrogen-bond acceptors (Lipinski definition) is 5. The molecule has 2 aliphatic heterocycles. The Balaban J connectivity index is 1.45. The Bertz CT molecular complexity index is 1140. The van der Waals surface area contributed by atoms with E-state index in [-0.39, 0.29) is 6.61 Å². The number of fused-ring (bicyclic) bond motifs is 2. The minimum atomic E-state index is 0.147. The van der Waals surface area contributed by atoms with Gasteiger partial charge in [0, 0.05) is 56.0 Å². The standard InChI is InChI=1S/C29H38N2O4/c1-33-28-17-22-9-12-30(19-21-10-15-35-16-11-21)27(25(22)18-29(28)34-2)8-7-23-20-31(13-14-32)26-6-4-3-5-24(23)26/h3-6,17-18,20-21,27,32H,7-16,19H2,1-2H3. The maximum absolute atomic E-state index is 9.56. The fourth-order valence-corrected chi connectivity index (χ4v) is 6.00. The quantitative estimate of drug-likeness (QED) is 0.487. The van der Waals surface area contributed by atoms with Crippen molar-refractivity contribution in [3.05, 3.63) is 59.3 Å². The summed E-state index contributed by atoms with van der Waals surface area (Å²) in [5.41, 5.74) is 5.30. The zero-order valence-corrected chi connectivity index (χ0v) is 21.0. The minimum absolute atomic E-state index is 0.147. The lowest BCUT2D eigenvalue weighted by Crippen LogP contribution is -2.40. The lowest BCUT2D eigenvalue weighted by molar-refractivity contribution is 0.0423. The molecule has 0 spiro atoms. The third kappa shape index (κ3) is 5.06. The normalized spacial score (nSPS) is 19.1. The van der Waals surface area contributed by atoms with Crippen molar-refractivity contribution < 1.29 is 19.3 Å². The summed E-state index contributed by atoms with van der Waals surface area (Å²) in [5.74, 6) is 2.32. The van der Waals surface area contributed by atoms with Gasteiger partial charge in [-0.1, -0.05) is 18.2 Å². The summed E-state index contributed by atoms with van der Waals surface area (Å²) in [6.07, 6.45) is 7.60. The van der Waals surface area contributed by atoms with Crippen LogP contribution in [0.2, 0.25) is 0 Å². The molecule has 0 saturated carbocycles. The number of methoxy groups -OCH3 is 2. The summed E-state index contributed by atoms with van der Waals surface area (Å²) >= 11 is 0. The van der Waals surface area contributed by atoms with E-state index in [0.29, 0.717) is 18.5 Å². The van der Waals surface area contributed by atoms with E-state index in [9.17, 15) is 5.11 Å². The van der Waals surface area contributed by atoms with Gasteiger partial charge in [-0.15, -0.1) is 0 Å². The Morgan fingerprint density at radius 3 is 2.60 bits per heavy atom. The molecule has 1 fully saturated rings. The molecule has 2 aliphatic rings. The van der Waals surface area contributed by atoms with Crippen LogP contribution in [0.15, 0.2) is 42.6 Å². The molecule has 188 valence electrons. The van der Waals surface area contributed by atoms with Crippen molar-refractivity contribution >= 4 is 10.9 Å². The van der Waals surface area contributed by atoms with Gasteiger partial charge in [-0.2, -0.15) is 0 Å². The van der Waals surface area contributed by atoms with Gasteiger partial charge in [0.25, 0.3) is 0 Å². The van der Waals surface area contributed by atoms with Gasteiger partial charge >= 0.3 is 0 Å². The molecule has 35 heavy (non-hydrogen) atoms. The molecular weight excluding hydrogens is 440 g/mol. The van der Waals surface area contributed by atoms with Crippen molar-refractivity contribution in [2.24, 2.45) is 5.92 Å². The highest BCUT2D eigenvalue weighted by Gasteiger charge is 2.31. The van der Waals surface area contributed by atoms with Crippen LogP contribution in [0.25, 0.3) is 10.9 Å². The van der Waals surface area contributed by atoms with Crippen LogP contribution < -0.4 is 9.47 Å². The first-order chi connectivity index (χ1) is 17.2. The van der Waals surface area contributed by atoms with Crippen LogP contribution in [0, 0.1) is 5.92 Å². The minimum Gasteiger partial charge on any atom is -0.493 e. The fraction of sp³-hybridized carbons (Fsp3) is 0.517. The van der Waals surface area contributed by atoms with Crippen molar-refractivity contribution in [2.45, 2.75) is 44.7 Å². The molecule has 0 aliphatic carbocycles. The average Bonchev–Trinajstić information content (AvgIpc) is 3.25. The molecule has 3 heterocycles. The Morgan fingerprint density at radius 1 is 1.06 bits per heavy atom. The van der Waals surface area contributed by atoms with E-state index in [1.54, 1.807) is 14.2 Å². The highest BCUT2D eigenvalue weighted by Crippen LogP contribution is 2.41. The van der Waals surface area contributed by atoms with E-state index in [2.05, 4.69) is 52.1 Å². The number of hydrogen-bond donors (Lipinski definition) is 1. The van der Waals surface area contributed by atoms with Crippen molar-refractivity contribution in [2.75, 3.05) is 47.1 Å². The Kier molecular flexibility index (Phi) is 7.61. The zero-order valence-electron chi connectivity index (χ0n) is 21.0. The molecule has 6 nitrogen and oxygen atoms in total. The topological polar surface area (TPSA) is 56.1 Å². The highest BCUT2D eigenvalue weighted by atomic mass is 16.5. The summed E-state index contributed by atoms with van der Waals surface area (Å²) in [7, 11) is 3.43. The first-order valence-corrected chi connectivity index (χ1v) is 13.0. The lowest BCUT2D eigenvalue weighted by Gasteiger charge is -2.40. The van der Waals surface area contributed by atoms with Gasteiger partial charge in [0.2, 0.25) is 0 Å². The molecule has 0 radical (unpaired) electrons. The zero-order chi connectivity index (χ0) is 24.2. The molecule has 1 N–H and O–H groups in total. The molecule has 2 aromatic carbocycles. The molecule has 1 unspecified atom stereocenters. The van der Waals surface area contributed by atoms with E-state index in [1.807, 2.05) is 0 Å². The lowest BCUT2D eigenvalue weighted by atomic mass is 9.87. The van der Waals surface area contributed by atoms with Crippen LogP contribution in [0.5, 0.6) is 11.5 Å². The van der Waals surface area contributed by atoms with Gasteiger partial charge in [0.15, 0.2) is 11.5 Å². The summed E-state index contributed by atoms with van der Waals surface area (Å²) in [5, 5.41) is 10.8. The number of ether oxygens (including phenoxy) is 3. The number of benzene rings is 2. The van der Waals surface area contributed by atoms with Crippen LogP contribution in [-0.4, -0.2) is 61.7 Å². The molecular formula is C29H38N2O4. The third-order valence-corrected chi connectivity index (χ3v) is 7.85. The summed E-state index contributed by atoms with van der Waals surface area (Å²) in [6.45, 7) is 4.73. The first-order valence-electron chi connectivity index (χ1n) is 13.0. The molecule has 1 aromatic heterocycles. The van der Waals surface area contributed by atoms with E-state index < -0.39 is 0 Å². The monoisotopic (exact) mass is 478 g/mol. The van der Waals surface area contributed by atoms with Crippen molar-refractivity contribution in [1.82, 2.24) is 9.47 Å². The van der Waals surface area contributed by atoms with Gasteiger partial charge in [-0.3, -0.25) is 4.90 Å². The molecule has 0 bridgehead atoms. The van der Waals surface area contributed by atoms with E-state index in [1.165, 1.54) is 27.6 Å². The Morgan fingerprint density at radius 2 is 1.83 bits per heavy atom. The van der Waals surface area contributed by atoms with Crippen LogP contribution >= 0.6 is 0 Å². The van der Waals surface area contributed by atoms with E-state index >= 15 is 0 Å². The van der Waals surface area contributed by atoms with Gasteiger partial charge in [0.05, 0.1) is 20.8 Å². The number of nitrogens with zero attached hydrogens (tertiary/aromatic N) is 2. The first kappa shape index (κ1) is 24.2. The van der Waals surface area contributed by atoms with E-state index in [0.717, 1.165) is 69.9 Å². The summed E-state index contributed by atoms with van der Waals surface area (Å²) in [4.78, 5) is 2.71. The van der Waals surface area contributed by atoms with Crippen LogP contribution in [0.1, 0.15) is 42.0 Å². The highest BCUT2D eigenvalue weighted by molar-refractivity contribution is 5.84. The van der Waals surface area contributed by atoms with Crippen molar-refractivity contribution in [1.29, 1.82) is 0 Å². The number of aryl methyl sites for hydroxylation is 1. The average molecular weight is 479 g/mol. The summed E-state index contributed by atoms with van der Waals surface area (Å²) < 4.78 is 19.1. The van der Waals surface area contributed by atoms with Gasteiger partial charge in [-0.05, 0) is 72.9 Å². The number of aliphatic hydroxyl groups is 1. The Labute approximate surface area is 208 Å². The molecule has 1 saturated heterocycles. The predicted octanol–water partition coefficient (Wildman–Crippen LogP) is 4.61. The van der Waals surface area contributed by atoms with E-state index in [4.69, 9.17) is 14.2 Å². The van der Waals surface area contributed by atoms with Crippen LogP contribution in [0.4, 0.5) is 0 Å². The number of aliphatic hydroxyl groups excluding tert-OH is 1. The second-order valence-electron chi connectivity index (χ2n) is 9.85. The molecule has 6 heteroatoms. The molecule has 1 atom stereocenters. The van der Waals surface area contributed by atoms with Gasteiger partial charge < -0.3 is 23.9 Å². The van der Waals surface area contributed by atoms with Crippen molar-refractivity contribution in [3.8, 4) is 11.5 Å². The maximum atomic E-state index is 9.56. The number of para-hydroxylation sites is 1. The summed E-state index contributed by atoms with van der Waals surface area (Å²) in [6, 6.07) is 13.3. The Hall–Kier alpha value is -2.54. The maximum Gasteiger partial charge on any atom is 0.161 e. The third-order valence-electron chi connectivity index (χ3n) is 7.85. The largest absolute Gasteiger partial charge is 0.493 e. The van der Waals surface area contributed by atoms with Gasteiger partial charge in [0.1, 0.15) is 0 Å². The number of rotatable bonds is 9. The predicted molar refractivity (Wildman–Crippen MR) is 138 cm³/mol. The fourth-order valence-electron chi connectivity index (χ4n) is 6.00. The SMILES string of the molecule is COc1cc2c(cc1OC)C(CCc1cn(CCO)c3ccccc13)N(CC1CCOCC1)CC2. The van der Waals surface area contributed by atoms with Crippen LogP contribution in [0.3, 0.4) is 0 Å². The van der Waals surface area contributed by atoms with Crippen LogP contribution in [-0.2, 0) is 24.1 Å². The molecule has 3 aromatic rings. The van der Waals surface area contributed by atoms with Gasteiger partial charge in [-0.25, -0.2) is 0 Å². The van der Waals surface area contributed by atoms with Crippen molar-refractivity contribution in [3.63, 3.8) is 0 Å². The second-order valence-corrected chi connectivity index (χ2v) is 9.85. The second kappa shape index (κ2) is 11.0. The molecule has 5 rings (SSSR count).